The molecule has 0 spiro atoms. The first-order chi connectivity index (χ1) is 7.22. The van der Waals surface area contributed by atoms with E-state index in [1.165, 1.54) is 19.4 Å². The van der Waals surface area contributed by atoms with E-state index in [1.807, 2.05) is 6.07 Å². The molecule has 1 aliphatic heterocycles. The quantitative estimate of drug-likeness (QED) is 0.743. The van der Waals surface area contributed by atoms with Crippen LogP contribution in [0.15, 0.2) is 0 Å². The first-order valence-electron chi connectivity index (χ1n) is 5.54. The van der Waals surface area contributed by atoms with Crippen molar-refractivity contribution in [3.63, 3.8) is 0 Å². The minimum atomic E-state index is 0.00442. The van der Waals surface area contributed by atoms with Gasteiger partial charge in [0, 0.05) is 25.9 Å². The predicted octanol–water partition coefficient (Wildman–Crippen LogP) is 0.748. The van der Waals surface area contributed by atoms with E-state index < -0.39 is 0 Å². The fourth-order valence-electron chi connectivity index (χ4n) is 1.96. The van der Waals surface area contributed by atoms with Gasteiger partial charge in [0.05, 0.1) is 6.07 Å². The van der Waals surface area contributed by atoms with E-state index in [0.717, 1.165) is 13.1 Å². The molecule has 1 atom stereocenters. The minimum Gasteiger partial charge on any atom is -0.356 e. The highest BCUT2D eigenvalue weighted by Crippen LogP contribution is 2.13. The number of nitrogens with zero attached hydrogens (tertiary/aromatic N) is 2. The number of hydrogen-bond donors (Lipinski definition) is 1. The number of carbonyl (C=O) groups is 1. The molecule has 84 valence electrons. The van der Waals surface area contributed by atoms with E-state index in [9.17, 15) is 4.79 Å². The van der Waals surface area contributed by atoms with E-state index in [-0.39, 0.29) is 5.91 Å². The van der Waals surface area contributed by atoms with Crippen molar-refractivity contribution in [1.82, 2.24) is 10.2 Å². The van der Waals surface area contributed by atoms with Crippen molar-refractivity contribution < 1.29 is 4.79 Å². The number of carbonyl (C=O) groups excluding carboxylic acids is 1. The molecule has 0 saturated carbocycles. The molecule has 1 heterocycles. The van der Waals surface area contributed by atoms with Crippen LogP contribution >= 0.6 is 0 Å². The summed E-state index contributed by atoms with van der Waals surface area (Å²) in [5, 5.41) is 11.2. The highest BCUT2D eigenvalue weighted by molar-refractivity contribution is 5.76. The van der Waals surface area contributed by atoms with Crippen LogP contribution in [0.1, 0.15) is 25.7 Å². The molecule has 4 nitrogen and oxygen atoms in total. The monoisotopic (exact) mass is 209 g/mol. The summed E-state index contributed by atoms with van der Waals surface area (Å²) in [5.74, 6) is 0.583. The van der Waals surface area contributed by atoms with Gasteiger partial charge < -0.3 is 10.2 Å². The Morgan fingerprint density at radius 1 is 1.67 bits per heavy atom. The zero-order valence-corrected chi connectivity index (χ0v) is 9.33. The third-order valence-corrected chi connectivity index (χ3v) is 2.77. The molecule has 1 N–H and O–H groups in total. The molecule has 0 aromatic rings. The topological polar surface area (TPSA) is 56.1 Å². The molecule has 0 bridgehead atoms. The second-order valence-electron chi connectivity index (χ2n) is 4.23. The fraction of sp³-hybridized carbons (Fsp3) is 0.818. The van der Waals surface area contributed by atoms with Crippen molar-refractivity contribution in [2.24, 2.45) is 5.92 Å². The Morgan fingerprint density at radius 2 is 2.47 bits per heavy atom. The molecular weight excluding hydrogens is 190 g/mol. The van der Waals surface area contributed by atoms with Crippen molar-refractivity contribution in [1.29, 1.82) is 5.26 Å². The Morgan fingerprint density at radius 3 is 3.13 bits per heavy atom. The number of hydrogen-bond acceptors (Lipinski definition) is 3. The molecule has 1 saturated heterocycles. The van der Waals surface area contributed by atoms with Gasteiger partial charge in [-0.25, -0.2) is 0 Å². The summed E-state index contributed by atoms with van der Waals surface area (Å²) in [4.78, 5) is 13.6. The number of rotatable bonds is 4. The average Bonchev–Trinajstić information content (AvgIpc) is 2.23. The number of amides is 1. The van der Waals surface area contributed by atoms with E-state index >= 15 is 0 Å². The van der Waals surface area contributed by atoms with Crippen molar-refractivity contribution in [3.05, 3.63) is 0 Å². The lowest BCUT2D eigenvalue weighted by molar-refractivity contribution is -0.121. The highest BCUT2D eigenvalue weighted by atomic mass is 16.1. The van der Waals surface area contributed by atoms with Gasteiger partial charge in [-0.2, -0.15) is 5.26 Å². The minimum absolute atomic E-state index is 0.00442. The van der Waals surface area contributed by atoms with Gasteiger partial charge in [-0.05, 0) is 32.4 Å². The maximum absolute atomic E-state index is 11.3. The third kappa shape index (κ3) is 4.80. The molecule has 1 rings (SSSR count). The van der Waals surface area contributed by atoms with Gasteiger partial charge in [0.2, 0.25) is 5.91 Å². The lowest BCUT2D eigenvalue weighted by Gasteiger charge is -2.29. The lowest BCUT2D eigenvalue weighted by Crippen LogP contribution is -2.39. The van der Waals surface area contributed by atoms with Crippen molar-refractivity contribution in [2.75, 3.05) is 26.7 Å². The fourth-order valence-corrected chi connectivity index (χ4v) is 1.96. The second kappa shape index (κ2) is 6.41. The summed E-state index contributed by atoms with van der Waals surface area (Å²) in [6, 6.07) is 1.97. The van der Waals surface area contributed by atoms with Crippen molar-refractivity contribution >= 4 is 5.91 Å². The number of nitriles is 1. The first-order valence-corrected chi connectivity index (χ1v) is 5.54. The van der Waals surface area contributed by atoms with Crippen LogP contribution < -0.4 is 5.32 Å². The summed E-state index contributed by atoms with van der Waals surface area (Å²) >= 11 is 0. The van der Waals surface area contributed by atoms with Crippen molar-refractivity contribution in [3.8, 4) is 6.07 Å². The van der Waals surface area contributed by atoms with Gasteiger partial charge >= 0.3 is 0 Å². The van der Waals surface area contributed by atoms with Gasteiger partial charge in [-0.15, -0.1) is 0 Å². The highest BCUT2D eigenvalue weighted by Gasteiger charge is 2.17. The van der Waals surface area contributed by atoms with Gasteiger partial charge in [0.1, 0.15) is 0 Å². The third-order valence-electron chi connectivity index (χ3n) is 2.77. The van der Waals surface area contributed by atoms with Crippen LogP contribution in [0.4, 0.5) is 0 Å². The van der Waals surface area contributed by atoms with Crippen LogP contribution in [-0.2, 0) is 4.79 Å². The van der Waals surface area contributed by atoms with E-state index in [4.69, 9.17) is 5.26 Å². The molecule has 1 aliphatic rings. The van der Waals surface area contributed by atoms with Crippen LogP contribution in [0.5, 0.6) is 0 Å². The van der Waals surface area contributed by atoms with E-state index in [1.54, 1.807) is 0 Å². The predicted molar refractivity (Wildman–Crippen MR) is 58.1 cm³/mol. The molecule has 0 aromatic heterocycles. The summed E-state index contributed by atoms with van der Waals surface area (Å²) in [5.41, 5.74) is 0. The molecule has 15 heavy (non-hydrogen) atoms. The summed E-state index contributed by atoms with van der Waals surface area (Å²) in [7, 11) is 2.11. The molecule has 0 radical (unpaired) electrons. The maximum Gasteiger partial charge on any atom is 0.221 e. The number of nitrogens with one attached hydrogen (secondary N) is 1. The smallest absolute Gasteiger partial charge is 0.221 e. The zero-order valence-electron chi connectivity index (χ0n) is 9.33. The molecule has 1 fully saturated rings. The molecule has 1 unspecified atom stereocenters. The Bertz CT molecular complexity index is 247. The molecule has 0 aromatic carbocycles. The van der Waals surface area contributed by atoms with Gasteiger partial charge in [-0.1, -0.05) is 0 Å². The maximum atomic E-state index is 11.3. The lowest BCUT2D eigenvalue weighted by atomic mass is 9.98. The SMILES string of the molecule is CN1CCCC(CNC(=O)CCC#N)C1. The van der Waals surface area contributed by atoms with Gasteiger partial charge in [-0.3, -0.25) is 4.79 Å². The molecule has 0 aliphatic carbocycles. The molecule has 1 amide bonds. The molecule has 4 heteroatoms. The zero-order chi connectivity index (χ0) is 11.1. The van der Waals surface area contributed by atoms with E-state index in [2.05, 4.69) is 17.3 Å². The largest absolute Gasteiger partial charge is 0.356 e. The van der Waals surface area contributed by atoms with Gasteiger partial charge in [0.25, 0.3) is 0 Å². The average molecular weight is 209 g/mol. The van der Waals surface area contributed by atoms with Crippen molar-refractivity contribution in [2.45, 2.75) is 25.7 Å². The second-order valence-corrected chi connectivity index (χ2v) is 4.23. The summed E-state index contributed by atoms with van der Waals surface area (Å²) in [6.07, 6.45) is 3.06. The number of likely N-dealkylation sites (tertiary alicyclic amines) is 1. The molecular formula is C11H19N3O. The van der Waals surface area contributed by atoms with Crippen LogP contribution in [0.2, 0.25) is 0 Å². The van der Waals surface area contributed by atoms with Crippen LogP contribution in [0.3, 0.4) is 0 Å². The first kappa shape index (κ1) is 12.0. The Hall–Kier alpha value is -1.08. The Kier molecular flexibility index (Phi) is 5.13. The summed E-state index contributed by atoms with van der Waals surface area (Å²) in [6.45, 7) is 2.99. The number of piperidine rings is 1. The van der Waals surface area contributed by atoms with Crippen LogP contribution in [-0.4, -0.2) is 37.5 Å². The van der Waals surface area contributed by atoms with Gasteiger partial charge in [0.15, 0.2) is 0 Å². The summed E-state index contributed by atoms with van der Waals surface area (Å²) < 4.78 is 0. The normalized spacial score (nSPS) is 22.0. The Labute approximate surface area is 91.2 Å². The van der Waals surface area contributed by atoms with E-state index in [0.29, 0.717) is 18.8 Å². The van der Waals surface area contributed by atoms with Crippen LogP contribution in [0, 0.1) is 17.2 Å². The standard InChI is InChI=1S/C11H19N3O/c1-14-7-3-4-10(9-14)8-13-11(15)5-2-6-12/h10H,2-5,7-9H2,1H3,(H,13,15). The van der Waals surface area contributed by atoms with Crippen LogP contribution in [0.25, 0.3) is 0 Å². The Balaban J connectivity index is 2.13.